The van der Waals surface area contributed by atoms with E-state index in [-0.39, 0.29) is 5.92 Å². The summed E-state index contributed by atoms with van der Waals surface area (Å²) in [5.41, 5.74) is 5.68. The van der Waals surface area contributed by atoms with Crippen LogP contribution in [0.1, 0.15) is 39.5 Å². The summed E-state index contributed by atoms with van der Waals surface area (Å²) in [6, 6.07) is 0.297. The first-order valence-electron chi connectivity index (χ1n) is 5.71. The summed E-state index contributed by atoms with van der Waals surface area (Å²) in [6.45, 7) is 5.59. The van der Waals surface area contributed by atoms with E-state index in [1.165, 1.54) is 6.42 Å². The fourth-order valence-electron chi connectivity index (χ4n) is 1.99. The number of hydrogen-bond acceptors (Lipinski definition) is 2. The molecule has 0 saturated carbocycles. The van der Waals surface area contributed by atoms with Crippen molar-refractivity contribution in [1.29, 1.82) is 0 Å². The highest BCUT2D eigenvalue weighted by atomic mass is 16.2. The van der Waals surface area contributed by atoms with E-state index in [0.717, 1.165) is 25.8 Å². The number of rotatable bonds is 3. The van der Waals surface area contributed by atoms with Gasteiger partial charge >= 0.3 is 0 Å². The number of nitrogens with zero attached hydrogens (tertiary/aromatic N) is 1. The van der Waals surface area contributed by atoms with Crippen molar-refractivity contribution < 1.29 is 4.79 Å². The van der Waals surface area contributed by atoms with Gasteiger partial charge in [-0.3, -0.25) is 4.79 Å². The molecule has 0 aromatic rings. The van der Waals surface area contributed by atoms with E-state index < -0.39 is 0 Å². The Morgan fingerprint density at radius 1 is 1.57 bits per heavy atom. The lowest BCUT2D eigenvalue weighted by Crippen LogP contribution is -2.49. The Labute approximate surface area is 86.6 Å². The number of likely N-dealkylation sites (tertiary alicyclic amines) is 1. The highest BCUT2D eigenvalue weighted by molar-refractivity contribution is 5.78. The smallest absolute Gasteiger partial charge is 0.225 e. The van der Waals surface area contributed by atoms with Crippen LogP contribution in [0.5, 0.6) is 0 Å². The van der Waals surface area contributed by atoms with Crippen LogP contribution in [0.2, 0.25) is 0 Å². The molecule has 1 saturated heterocycles. The van der Waals surface area contributed by atoms with Crippen LogP contribution in [0.4, 0.5) is 0 Å². The molecule has 0 aliphatic carbocycles. The van der Waals surface area contributed by atoms with Gasteiger partial charge in [-0.05, 0) is 25.7 Å². The van der Waals surface area contributed by atoms with E-state index in [1.54, 1.807) is 0 Å². The quantitative estimate of drug-likeness (QED) is 0.744. The third kappa shape index (κ3) is 2.47. The van der Waals surface area contributed by atoms with Gasteiger partial charge in [-0.15, -0.1) is 0 Å². The van der Waals surface area contributed by atoms with Gasteiger partial charge in [-0.25, -0.2) is 0 Å². The minimum absolute atomic E-state index is 0.155. The fourth-order valence-corrected chi connectivity index (χ4v) is 1.99. The Balaban J connectivity index is 2.58. The molecule has 0 bridgehead atoms. The predicted molar refractivity (Wildman–Crippen MR) is 57.9 cm³/mol. The van der Waals surface area contributed by atoms with Crippen LogP contribution in [0.15, 0.2) is 0 Å². The molecule has 2 N–H and O–H groups in total. The third-order valence-electron chi connectivity index (χ3n) is 3.22. The van der Waals surface area contributed by atoms with Crippen LogP contribution >= 0.6 is 0 Å². The molecular weight excluding hydrogens is 176 g/mol. The maximum Gasteiger partial charge on any atom is 0.225 e. The Morgan fingerprint density at radius 3 is 2.86 bits per heavy atom. The second-order valence-corrected chi connectivity index (χ2v) is 4.23. The fraction of sp³-hybridized carbons (Fsp3) is 0.909. The normalized spacial score (nSPS) is 24.8. The van der Waals surface area contributed by atoms with Gasteiger partial charge in [0.05, 0.1) is 0 Å². The van der Waals surface area contributed by atoms with Crippen LogP contribution < -0.4 is 5.73 Å². The molecule has 0 spiro atoms. The molecular formula is C11H22N2O. The molecule has 82 valence electrons. The zero-order chi connectivity index (χ0) is 10.6. The van der Waals surface area contributed by atoms with Gasteiger partial charge in [0.15, 0.2) is 0 Å². The lowest BCUT2D eigenvalue weighted by Gasteiger charge is -2.36. The van der Waals surface area contributed by atoms with Crippen molar-refractivity contribution in [2.75, 3.05) is 13.1 Å². The van der Waals surface area contributed by atoms with E-state index >= 15 is 0 Å². The second-order valence-electron chi connectivity index (χ2n) is 4.23. The molecule has 2 unspecified atom stereocenters. The second kappa shape index (κ2) is 5.35. The molecule has 3 heteroatoms. The molecule has 0 radical (unpaired) electrons. The van der Waals surface area contributed by atoms with Gasteiger partial charge in [-0.2, -0.15) is 0 Å². The molecule has 0 aromatic carbocycles. The van der Waals surface area contributed by atoms with Gasteiger partial charge in [-0.1, -0.05) is 13.8 Å². The summed E-state index contributed by atoms with van der Waals surface area (Å²) >= 11 is 0. The van der Waals surface area contributed by atoms with Crippen molar-refractivity contribution in [3.63, 3.8) is 0 Å². The Bertz CT molecular complexity index is 194. The van der Waals surface area contributed by atoms with Crippen LogP contribution in [0.3, 0.4) is 0 Å². The first-order valence-corrected chi connectivity index (χ1v) is 5.71. The maximum atomic E-state index is 12.0. The summed E-state index contributed by atoms with van der Waals surface area (Å²) < 4.78 is 0. The molecule has 1 amide bonds. The Kier molecular flexibility index (Phi) is 4.39. The average molecular weight is 198 g/mol. The number of piperidine rings is 1. The number of hydrogen-bond donors (Lipinski definition) is 1. The lowest BCUT2D eigenvalue weighted by atomic mass is 9.99. The summed E-state index contributed by atoms with van der Waals surface area (Å²) in [6.07, 6.45) is 4.36. The van der Waals surface area contributed by atoms with Gasteiger partial charge in [0.1, 0.15) is 0 Å². The van der Waals surface area contributed by atoms with E-state index in [9.17, 15) is 4.79 Å². The largest absolute Gasteiger partial charge is 0.338 e. The number of carbonyl (C=O) groups excluding carboxylic acids is 1. The Hall–Kier alpha value is -0.570. The Morgan fingerprint density at radius 2 is 2.29 bits per heavy atom. The van der Waals surface area contributed by atoms with E-state index in [1.807, 2.05) is 11.8 Å². The van der Waals surface area contributed by atoms with E-state index in [0.29, 0.717) is 18.5 Å². The van der Waals surface area contributed by atoms with Crippen LogP contribution in [0.25, 0.3) is 0 Å². The number of amides is 1. The molecule has 0 aromatic heterocycles. The van der Waals surface area contributed by atoms with Crippen LogP contribution in [0, 0.1) is 5.92 Å². The van der Waals surface area contributed by atoms with Crippen molar-refractivity contribution in [2.45, 2.75) is 45.6 Å². The van der Waals surface area contributed by atoms with Crippen LogP contribution in [-0.4, -0.2) is 29.9 Å². The standard InChI is InChI=1S/C11H22N2O/c1-3-9(2)11(14)13-7-5-4-6-10(13)8-12/h9-10H,3-8,12H2,1-2H3. The third-order valence-corrected chi connectivity index (χ3v) is 3.22. The minimum Gasteiger partial charge on any atom is -0.338 e. The minimum atomic E-state index is 0.155. The van der Waals surface area contributed by atoms with Crippen molar-refractivity contribution in [2.24, 2.45) is 11.7 Å². The topological polar surface area (TPSA) is 46.3 Å². The molecule has 1 aliphatic heterocycles. The predicted octanol–water partition coefficient (Wildman–Crippen LogP) is 1.37. The van der Waals surface area contributed by atoms with Gasteiger partial charge in [0, 0.05) is 25.0 Å². The molecule has 1 fully saturated rings. The molecule has 1 rings (SSSR count). The zero-order valence-electron chi connectivity index (χ0n) is 9.33. The number of carbonyl (C=O) groups is 1. The maximum absolute atomic E-state index is 12.0. The van der Waals surface area contributed by atoms with Crippen molar-refractivity contribution >= 4 is 5.91 Å². The SMILES string of the molecule is CCC(C)C(=O)N1CCCCC1CN. The van der Waals surface area contributed by atoms with E-state index in [2.05, 4.69) is 6.92 Å². The van der Waals surface area contributed by atoms with Gasteiger partial charge in [0.25, 0.3) is 0 Å². The molecule has 1 aliphatic rings. The average Bonchev–Trinajstić information content (AvgIpc) is 2.26. The number of nitrogens with two attached hydrogens (primary N) is 1. The summed E-state index contributed by atoms with van der Waals surface area (Å²) in [7, 11) is 0. The van der Waals surface area contributed by atoms with Gasteiger partial charge in [0.2, 0.25) is 5.91 Å². The molecule has 2 atom stereocenters. The highest BCUT2D eigenvalue weighted by Crippen LogP contribution is 2.19. The first kappa shape index (κ1) is 11.5. The molecule has 14 heavy (non-hydrogen) atoms. The van der Waals surface area contributed by atoms with Crippen LogP contribution in [-0.2, 0) is 4.79 Å². The van der Waals surface area contributed by atoms with E-state index in [4.69, 9.17) is 5.73 Å². The summed E-state index contributed by atoms with van der Waals surface area (Å²) in [4.78, 5) is 14.0. The lowest BCUT2D eigenvalue weighted by molar-refractivity contribution is -0.138. The molecule has 3 nitrogen and oxygen atoms in total. The summed E-state index contributed by atoms with van der Waals surface area (Å²) in [5, 5.41) is 0. The van der Waals surface area contributed by atoms with Crippen molar-refractivity contribution in [3.05, 3.63) is 0 Å². The molecule has 1 heterocycles. The zero-order valence-corrected chi connectivity index (χ0v) is 9.33. The highest BCUT2D eigenvalue weighted by Gasteiger charge is 2.27. The first-order chi connectivity index (χ1) is 6.70. The monoisotopic (exact) mass is 198 g/mol. The van der Waals surface area contributed by atoms with Gasteiger partial charge < -0.3 is 10.6 Å². The van der Waals surface area contributed by atoms with Crippen molar-refractivity contribution in [1.82, 2.24) is 4.90 Å². The van der Waals surface area contributed by atoms with Crippen molar-refractivity contribution in [3.8, 4) is 0 Å². The summed E-state index contributed by atoms with van der Waals surface area (Å²) in [5.74, 6) is 0.449.